The Morgan fingerprint density at radius 2 is 1.52 bits per heavy atom. The number of benzene rings is 2. The molecule has 8 nitrogen and oxygen atoms in total. The minimum Gasteiger partial charge on any atom is -0.493 e. The van der Waals surface area contributed by atoms with E-state index in [1.807, 2.05) is 6.92 Å². The first-order valence-corrected chi connectivity index (χ1v) is 8.96. The van der Waals surface area contributed by atoms with E-state index in [-0.39, 0.29) is 11.5 Å². The molecule has 0 unspecified atom stereocenters. The number of amides is 2. The van der Waals surface area contributed by atoms with Crippen molar-refractivity contribution in [3.05, 3.63) is 41.5 Å². The lowest BCUT2D eigenvalue weighted by Gasteiger charge is -2.18. The highest BCUT2D eigenvalue weighted by Gasteiger charge is 2.21. The smallest absolute Gasteiger partial charge is 0.255 e. The quantitative estimate of drug-likeness (QED) is 0.730. The van der Waals surface area contributed by atoms with Crippen molar-refractivity contribution in [1.82, 2.24) is 4.90 Å². The van der Waals surface area contributed by atoms with Crippen LogP contribution in [0.2, 0.25) is 0 Å². The zero-order chi connectivity index (χ0) is 21.6. The molecule has 0 spiro atoms. The Kier molecular flexibility index (Phi) is 7.30. The van der Waals surface area contributed by atoms with E-state index in [9.17, 15) is 9.59 Å². The first-order chi connectivity index (χ1) is 13.9. The number of hydrogen-bond acceptors (Lipinski definition) is 6. The monoisotopic (exact) mass is 402 g/mol. The van der Waals surface area contributed by atoms with Gasteiger partial charge in [0.25, 0.3) is 11.8 Å². The predicted molar refractivity (Wildman–Crippen MR) is 110 cm³/mol. The van der Waals surface area contributed by atoms with E-state index in [0.717, 1.165) is 0 Å². The Morgan fingerprint density at radius 3 is 2.07 bits per heavy atom. The fraction of sp³-hybridized carbons (Fsp3) is 0.333. The molecule has 0 aliphatic carbocycles. The average Bonchev–Trinajstić information content (AvgIpc) is 2.72. The van der Waals surface area contributed by atoms with E-state index in [0.29, 0.717) is 40.9 Å². The first kappa shape index (κ1) is 21.9. The Hall–Kier alpha value is -3.42. The van der Waals surface area contributed by atoms with Crippen LogP contribution in [0.15, 0.2) is 30.3 Å². The maximum Gasteiger partial charge on any atom is 0.255 e. The number of carbonyl (C=O) groups excluding carboxylic acids is 2. The summed E-state index contributed by atoms with van der Waals surface area (Å²) in [6.45, 7) is 2.27. The van der Waals surface area contributed by atoms with Crippen LogP contribution in [0.25, 0.3) is 0 Å². The highest BCUT2D eigenvalue weighted by Crippen LogP contribution is 2.34. The molecule has 29 heavy (non-hydrogen) atoms. The summed E-state index contributed by atoms with van der Waals surface area (Å²) in [5, 5.41) is 2.78. The summed E-state index contributed by atoms with van der Waals surface area (Å²) in [4.78, 5) is 26.9. The van der Waals surface area contributed by atoms with E-state index in [1.165, 1.54) is 32.3 Å². The Balaban J connectivity index is 2.45. The lowest BCUT2D eigenvalue weighted by Crippen LogP contribution is -2.24. The van der Waals surface area contributed by atoms with Crippen LogP contribution < -0.4 is 24.3 Å². The van der Waals surface area contributed by atoms with Crippen LogP contribution in [0.3, 0.4) is 0 Å². The van der Waals surface area contributed by atoms with Gasteiger partial charge in [-0.1, -0.05) is 0 Å². The normalized spacial score (nSPS) is 10.1. The molecule has 1 N–H and O–H groups in total. The molecule has 2 aromatic rings. The van der Waals surface area contributed by atoms with Crippen LogP contribution in [0.1, 0.15) is 27.6 Å². The third kappa shape index (κ3) is 4.90. The first-order valence-electron chi connectivity index (χ1n) is 8.96. The van der Waals surface area contributed by atoms with E-state index in [2.05, 4.69) is 5.32 Å². The lowest BCUT2D eigenvalue weighted by atomic mass is 10.1. The minimum atomic E-state index is -0.409. The van der Waals surface area contributed by atoms with Gasteiger partial charge in [0.15, 0.2) is 23.0 Å². The van der Waals surface area contributed by atoms with Gasteiger partial charge in [-0.2, -0.15) is 0 Å². The van der Waals surface area contributed by atoms with Crippen LogP contribution in [0.4, 0.5) is 5.69 Å². The van der Waals surface area contributed by atoms with Crippen molar-refractivity contribution in [1.29, 1.82) is 0 Å². The van der Waals surface area contributed by atoms with E-state index in [4.69, 9.17) is 18.9 Å². The molecule has 0 aromatic heterocycles. The minimum absolute atomic E-state index is 0.277. The zero-order valence-corrected chi connectivity index (χ0v) is 17.5. The third-order valence-electron chi connectivity index (χ3n) is 4.13. The molecule has 0 radical (unpaired) electrons. The molecule has 0 fully saturated rings. The van der Waals surface area contributed by atoms with Crippen molar-refractivity contribution in [2.45, 2.75) is 6.92 Å². The van der Waals surface area contributed by atoms with Gasteiger partial charge in [0.1, 0.15) is 0 Å². The van der Waals surface area contributed by atoms with E-state index < -0.39 is 5.91 Å². The molecule has 8 heteroatoms. The molecule has 0 heterocycles. The highest BCUT2D eigenvalue weighted by atomic mass is 16.5. The summed E-state index contributed by atoms with van der Waals surface area (Å²) in [6.07, 6.45) is 0. The van der Waals surface area contributed by atoms with Gasteiger partial charge >= 0.3 is 0 Å². The Labute approximate surface area is 170 Å². The predicted octanol–water partition coefficient (Wildman–Crippen LogP) is 3.07. The van der Waals surface area contributed by atoms with Crippen LogP contribution in [0.5, 0.6) is 23.0 Å². The van der Waals surface area contributed by atoms with E-state index in [1.54, 1.807) is 38.4 Å². The van der Waals surface area contributed by atoms with Gasteiger partial charge in [-0.15, -0.1) is 0 Å². The van der Waals surface area contributed by atoms with Gasteiger partial charge in [0.05, 0.1) is 39.2 Å². The number of hydrogen-bond donors (Lipinski definition) is 1. The maximum absolute atomic E-state index is 12.9. The van der Waals surface area contributed by atoms with Crippen molar-refractivity contribution in [2.24, 2.45) is 0 Å². The number of nitrogens with zero attached hydrogens (tertiary/aromatic N) is 1. The number of ether oxygens (including phenoxy) is 4. The molecule has 2 aromatic carbocycles. The molecule has 0 aliphatic rings. The van der Waals surface area contributed by atoms with Crippen LogP contribution in [-0.4, -0.2) is 58.7 Å². The van der Waals surface area contributed by atoms with Gasteiger partial charge < -0.3 is 29.2 Å². The average molecular weight is 402 g/mol. The van der Waals surface area contributed by atoms with Gasteiger partial charge in [-0.25, -0.2) is 0 Å². The van der Waals surface area contributed by atoms with Crippen molar-refractivity contribution in [3.63, 3.8) is 0 Å². The third-order valence-corrected chi connectivity index (χ3v) is 4.13. The summed E-state index contributed by atoms with van der Waals surface area (Å²) in [7, 11) is 7.74. The summed E-state index contributed by atoms with van der Waals surface area (Å²) in [5.41, 5.74) is 0.937. The van der Waals surface area contributed by atoms with Crippen molar-refractivity contribution in [2.75, 3.05) is 47.3 Å². The SMILES string of the molecule is CCOc1cc(C(=O)Nc2cc(OC)c(OC)cc2C(=O)N(C)C)ccc1OC. The van der Waals surface area contributed by atoms with Crippen LogP contribution >= 0.6 is 0 Å². The second kappa shape index (κ2) is 9.68. The summed E-state index contributed by atoms with van der Waals surface area (Å²) >= 11 is 0. The second-order valence-corrected chi connectivity index (χ2v) is 6.21. The van der Waals surface area contributed by atoms with Crippen LogP contribution in [-0.2, 0) is 0 Å². The molecule has 156 valence electrons. The number of carbonyl (C=O) groups is 2. The fourth-order valence-corrected chi connectivity index (χ4v) is 2.68. The summed E-state index contributed by atoms with van der Waals surface area (Å²) < 4.78 is 21.4. The molecule has 2 rings (SSSR count). The number of rotatable bonds is 8. The topological polar surface area (TPSA) is 86.3 Å². The van der Waals surface area contributed by atoms with Crippen LogP contribution in [0, 0.1) is 0 Å². The Morgan fingerprint density at radius 1 is 0.897 bits per heavy atom. The number of anilines is 1. The molecule has 2 amide bonds. The molecule has 0 saturated heterocycles. The van der Waals surface area contributed by atoms with Crippen molar-refractivity contribution < 1.29 is 28.5 Å². The summed E-state index contributed by atoms with van der Waals surface area (Å²) in [6, 6.07) is 7.95. The second-order valence-electron chi connectivity index (χ2n) is 6.21. The largest absolute Gasteiger partial charge is 0.493 e. The molecule has 0 bridgehead atoms. The standard InChI is InChI=1S/C21H26N2O6/c1-7-29-19-10-13(8-9-16(19)26-4)20(24)22-15-12-18(28-6)17(27-5)11-14(15)21(25)23(2)3/h8-12H,7H2,1-6H3,(H,22,24). The molecular formula is C21H26N2O6. The van der Waals surface area contributed by atoms with E-state index >= 15 is 0 Å². The molecule has 0 aliphatic heterocycles. The van der Waals surface area contributed by atoms with Gasteiger partial charge in [0, 0.05) is 25.7 Å². The fourth-order valence-electron chi connectivity index (χ4n) is 2.68. The lowest BCUT2D eigenvalue weighted by molar-refractivity contribution is 0.0828. The zero-order valence-electron chi connectivity index (χ0n) is 17.5. The molecular weight excluding hydrogens is 376 g/mol. The Bertz CT molecular complexity index is 895. The van der Waals surface area contributed by atoms with Gasteiger partial charge in [-0.3, -0.25) is 9.59 Å². The van der Waals surface area contributed by atoms with Crippen molar-refractivity contribution in [3.8, 4) is 23.0 Å². The molecule has 0 atom stereocenters. The number of methoxy groups -OCH3 is 3. The maximum atomic E-state index is 12.9. The summed E-state index contributed by atoms with van der Waals surface area (Å²) in [5.74, 6) is 1.07. The van der Waals surface area contributed by atoms with Gasteiger partial charge in [0.2, 0.25) is 0 Å². The highest BCUT2D eigenvalue weighted by molar-refractivity contribution is 6.09. The molecule has 0 saturated carbocycles. The number of nitrogens with one attached hydrogen (secondary N) is 1. The van der Waals surface area contributed by atoms with Gasteiger partial charge in [-0.05, 0) is 31.2 Å². The van der Waals surface area contributed by atoms with Crippen molar-refractivity contribution >= 4 is 17.5 Å².